The summed E-state index contributed by atoms with van der Waals surface area (Å²) in [6.07, 6.45) is 6.39. The van der Waals surface area contributed by atoms with Gasteiger partial charge in [-0.15, -0.1) is 0 Å². The van der Waals surface area contributed by atoms with Crippen LogP contribution in [0.2, 0.25) is 0 Å². The van der Waals surface area contributed by atoms with Crippen LogP contribution < -0.4 is 4.74 Å². The lowest BCUT2D eigenvalue weighted by atomic mass is 9.90. The highest BCUT2D eigenvalue weighted by molar-refractivity contribution is 5.65. The van der Waals surface area contributed by atoms with E-state index in [1.54, 1.807) is 12.1 Å². The van der Waals surface area contributed by atoms with Crippen molar-refractivity contribution in [3.8, 4) is 5.75 Å². The van der Waals surface area contributed by atoms with Gasteiger partial charge in [0.25, 0.3) is 0 Å². The first-order valence-electron chi connectivity index (χ1n) is 11.0. The molecule has 164 valence electrons. The molecule has 0 amide bonds. The van der Waals surface area contributed by atoms with Gasteiger partial charge in [0.2, 0.25) is 0 Å². The summed E-state index contributed by atoms with van der Waals surface area (Å²) < 4.78 is 5.91. The molecule has 0 aromatic heterocycles. The van der Waals surface area contributed by atoms with Crippen LogP contribution in [0.4, 0.5) is 0 Å². The second-order valence-corrected chi connectivity index (χ2v) is 7.79. The molecule has 0 spiro atoms. The second-order valence-electron chi connectivity index (χ2n) is 7.79. The van der Waals surface area contributed by atoms with E-state index in [1.807, 2.05) is 32.0 Å². The molecule has 3 N–H and O–H groups in total. The molecule has 0 aliphatic heterocycles. The molecule has 0 heterocycles. The van der Waals surface area contributed by atoms with Gasteiger partial charge in [-0.1, -0.05) is 51.1 Å². The highest BCUT2D eigenvalue weighted by atomic mass is 16.5. The first-order valence-corrected chi connectivity index (χ1v) is 11.0. The van der Waals surface area contributed by atoms with Crippen LogP contribution in [0.25, 0.3) is 5.57 Å². The Kier molecular flexibility index (Phi) is 9.57. The minimum absolute atomic E-state index is 0.0989. The number of ether oxygens (including phenoxy) is 1. The summed E-state index contributed by atoms with van der Waals surface area (Å²) in [5, 5.41) is 29.3. The van der Waals surface area contributed by atoms with Crippen LogP contribution in [-0.4, -0.2) is 20.9 Å². The molecule has 0 aliphatic carbocycles. The van der Waals surface area contributed by atoms with Gasteiger partial charge in [0.1, 0.15) is 12.4 Å². The Morgan fingerprint density at radius 2 is 1.70 bits per heavy atom. The van der Waals surface area contributed by atoms with E-state index in [9.17, 15) is 15.3 Å². The van der Waals surface area contributed by atoms with Crippen LogP contribution in [0, 0.1) is 0 Å². The van der Waals surface area contributed by atoms with Gasteiger partial charge >= 0.3 is 0 Å². The Morgan fingerprint density at radius 1 is 0.967 bits per heavy atom. The van der Waals surface area contributed by atoms with E-state index in [2.05, 4.69) is 25.1 Å². The molecule has 4 heteroatoms. The number of aliphatic hydroxyl groups is 3. The number of aliphatic hydroxyl groups excluding tert-OH is 2. The predicted octanol–water partition coefficient (Wildman–Crippen LogP) is 5.37. The second kappa shape index (κ2) is 11.9. The van der Waals surface area contributed by atoms with E-state index < -0.39 is 5.60 Å². The standard InChI is InChI=1S/C26H36O4/c1-4-21(11-8-14-26(29,5-2)6-3)22-10-7-9-20(15-22)19-30-25-13-12-23(17-27)24(16-25)18-28/h7,9-13,15-16,27-29H,4-6,8,14,17-19H2,1-3H3/b21-11+. The summed E-state index contributed by atoms with van der Waals surface area (Å²) in [4.78, 5) is 0. The minimum Gasteiger partial charge on any atom is -0.489 e. The van der Waals surface area contributed by atoms with Crippen molar-refractivity contribution in [1.82, 2.24) is 0 Å². The van der Waals surface area contributed by atoms with E-state index in [0.29, 0.717) is 23.5 Å². The maximum atomic E-state index is 10.5. The Labute approximate surface area is 180 Å². The van der Waals surface area contributed by atoms with Crippen LogP contribution in [0.5, 0.6) is 5.75 Å². The first kappa shape index (κ1) is 24.1. The van der Waals surface area contributed by atoms with Gasteiger partial charge in [-0.3, -0.25) is 0 Å². The van der Waals surface area contributed by atoms with Gasteiger partial charge in [0.05, 0.1) is 18.8 Å². The summed E-state index contributed by atoms with van der Waals surface area (Å²) in [7, 11) is 0. The SMILES string of the molecule is CC/C(=C\CCC(O)(CC)CC)c1cccc(COc2ccc(CO)c(CO)c2)c1. The largest absolute Gasteiger partial charge is 0.489 e. The maximum Gasteiger partial charge on any atom is 0.120 e. The van der Waals surface area contributed by atoms with Gasteiger partial charge in [0, 0.05) is 0 Å². The third kappa shape index (κ3) is 6.69. The predicted molar refractivity (Wildman–Crippen MR) is 122 cm³/mol. The molecule has 0 saturated carbocycles. The molecule has 0 unspecified atom stereocenters. The maximum absolute atomic E-state index is 10.5. The molecular formula is C26H36O4. The number of hydrogen-bond donors (Lipinski definition) is 3. The molecule has 0 atom stereocenters. The lowest BCUT2D eigenvalue weighted by Crippen LogP contribution is -2.25. The minimum atomic E-state index is -0.565. The summed E-state index contributed by atoms with van der Waals surface area (Å²) in [6, 6.07) is 13.7. The number of rotatable bonds is 12. The molecule has 0 fully saturated rings. The van der Waals surface area contributed by atoms with E-state index in [1.165, 1.54) is 11.1 Å². The quantitative estimate of drug-likeness (QED) is 0.438. The molecule has 0 aliphatic rings. The summed E-state index contributed by atoms with van der Waals surface area (Å²) in [5.74, 6) is 0.673. The molecule has 4 nitrogen and oxygen atoms in total. The van der Waals surface area contributed by atoms with Crippen molar-refractivity contribution < 1.29 is 20.1 Å². The van der Waals surface area contributed by atoms with Crippen molar-refractivity contribution in [3.05, 3.63) is 70.8 Å². The van der Waals surface area contributed by atoms with E-state index in [0.717, 1.165) is 37.7 Å². The Bertz CT molecular complexity index is 822. The summed E-state index contributed by atoms with van der Waals surface area (Å²) in [5.41, 5.74) is 4.36. The van der Waals surface area contributed by atoms with Crippen molar-refractivity contribution in [1.29, 1.82) is 0 Å². The van der Waals surface area contributed by atoms with Crippen LogP contribution >= 0.6 is 0 Å². The zero-order valence-corrected chi connectivity index (χ0v) is 18.5. The Hall–Kier alpha value is -2.14. The van der Waals surface area contributed by atoms with E-state index >= 15 is 0 Å². The van der Waals surface area contributed by atoms with Crippen LogP contribution in [-0.2, 0) is 19.8 Å². The third-order valence-electron chi connectivity index (χ3n) is 5.92. The lowest BCUT2D eigenvalue weighted by molar-refractivity contribution is 0.0246. The van der Waals surface area contributed by atoms with Gasteiger partial charge in [-0.25, -0.2) is 0 Å². The van der Waals surface area contributed by atoms with Crippen molar-refractivity contribution in [3.63, 3.8) is 0 Å². The zero-order chi connectivity index (χ0) is 22.0. The molecule has 2 aromatic rings. The van der Waals surface area contributed by atoms with Gasteiger partial charge < -0.3 is 20.1 Å². The van der Waals surface area contributed by atoms with E-state index in [-0.39, 0.29) is 13.2 Å². The molecule has 2 rings (SSSR count). The highest BCUT2D eigenvalue weighted by Gasteiger charge is 2.20. The fourth-order valence-electron chi connectivity index (χ4n) is 3.61. The van der Waals surface area contributed by atoms with Gasteiger partial charge in [0.15, 0.2) is 0 Å². The number of hydrogen-bond acceptors (Lipinski definition) is 4. The van der Waals surface area contributed by atoms with Crippen molar-refractivity contribution in [2.45, 2.75) is 78.3 Å². The van der Waals surface area contributed by atoms with Crippen LogP contribution in [0.15, 0.2) is 48.5 Å². The molecular weight excluding hydrogens is 376 g/mol. The molecule has 30 heavy (non-hydrogen) atoms. The summed E-state index contributed by atoms with van der Waals surface area (Å²) in [6.45, 7) is 6.44. The van der Waals surface area contributed by atoms with Gasteiger partial charge in [-0.2, -0.15) is 0 Å². The Morgan fingerprint density at radius 3 is 2.33 bits per heavy atom. The smallest absolute Gasteiger partial charge is 0.120 e. The van der Waals surface area contributed by atoms with Gasteiger partial charge in [-0.05, 0) is 78.1 Å². The van der Waals surface area contributed by atoms with Crippen LogP contribution in [0.3, 0.4) is 0 Å². The Balaban J connectivity index is 2.06. The number of benzene rings is 2. The van der Waals surface area contributed by atoms with Crippen molar-refractivity contribution in [2.24, 2.45) is 0 Å². The fraction of sp³-hybridized carbons (Fsp3) is 0.462. The third-order valence-corrected chi connectivity index (χ3v) is 5.92. The zero-order valence-electron chi connectivity index (χ0n) is 18.5. The van der Waals surface area contributed by atoms with Crippen molar-refractivity contribution >= 4 is 5.57 Å². The molecule has 0 bridgehead atoms. The number of allylic oxidation sites excluding steroid dienone is 2. The average Bonchev–Trinajstić information content (AvgIpc) is 2.80. The van der Waals surface area contributed by atoms with E-state index in [4.69, 9.17) is 4.74 Å². The normalized spacial score (nSPS) is 12.3. The van der Waals surface area contributed by atoms with Crippen LogP contribution in [0.1, 0.15) is 75.1 Å². The molecule has 0 radical (unpaired) electrons. The van der Waals surface area contributed by atoms with Crippen molar-refractivity contribution in [2.75, 3.05) is 0 Å². The first-order chi connectivity index (χ1) is 14.5. The molecule has 0 saturated heterocycles. The summed E-state index contributed by atoms with van der Waals surface area (Å²) >= 11 is 0. The highest BCUT2D eigenvalue weighted by Crippen LogP contribution is 2.26. The molecule has 2 aromatic carbocycles. The fourth-order valence-corrected chi connectivity index (χ4v) is 3.61. The average molecular weight is 413 g/mol. The lowest BCUT2D eigenvalue weighted by Gasteiger charge is -2.24. The monoisotopic (exact) mass is 412 g/mol. The topological polar surface area (TPSA) is 69.9 Å².